The van der Waals surface area contributed by atoms with Gasteiger partial charge in [-0.3, -0.25) is 0 Å². The minimum atomic E-state index is 0. The van der Waals surface area contributed by atoms with E-state index in [0.29, 0.717) is 15.4 Å². The predicted molar refractivity (Wildman–Crippen MR) is 73.9 cm³/mol. The Kier molecular flexibility index (Phi) is 9.87. The molecule has 3 heteroatoms. The summed E-state index contributed by atoms with van der Waals surface area (Å²) in [6, 6.07) is 0. The fraction of sp³-hybridized carbons (Fsp3) is 1.00. The van der Waals surface area contributed by atoms with Gasteiger partial charge in [0.2, 0.25) is 0 Å². The molecule has 2 aliphatic carbocycles. The van der Waals surface area contributed by atoms with Gasteiger partial charge >= 0.3 is 89.1 Å². The average molecular weight is 312 g/mol. The molecule has 2 saturated carbocycles. The molecule has 0 unspecified atom stereocenters. The summed E-state index contributed by atoms with van der Waals surface area (Å²) in [5.74, 6) is 0. The Hall–Kier alpha value is 1.12. The molecule has 0 N–H and O–H groups in total. The van der Waals surface area contributed by atoms with Crippen molar-refractivity contribution in [3.05, 3.63) is 0 Å². The molecule has 2 radical (unpaired) electrons. The maximum Gasteiger partial charge on any atom is -0.147 e. The van der Waals surface area contributed by atoms with E-state index >= 15 is 0 Å². The fourth-order valence-electron chi connectivity index (χ4n) is 2.87. The van der Waals surface area contributed by atoms with Gasteiger partial charge in [-0.25, -0.2) is 0 Å². The minimum Gasteiger partial charge on any atom is -0.147 e. The van der Waals surface area contributed by atoms with E-state index in [0.717, 1.165) is 0 Å². The molecular formula is C12H24Cl2Ge. The summed E-state index contributed by atoms with van der Waals surface area (Å²) in [4.78, 5) is 0. The van der Waals surface area contributed by atoms with Crippen molar-refractivity contribution in [3.63, 3.8) is 0 Å². The molecule has 0 atom stereocenters. The van der Waals surface area contributed by atoms with Crippen molar-refractivity contribution >= 4 is 40.2 Å². The van der Waals surface area contributed by atoms with Crippen molar-refractivity contribution in [2.45, 2.75) is 73.7 Å². The first-order valence-corrected chi connectivity index (χ1v) is 8.63. The molecule has 90 valence electrons. The van der Waals surface area contributed by atoms with Crippen LogP contribution in [0.3, 0.4) is 0 Å². The van der Waals surface area contributed by atoms with Crippen LogP contribution in [0.25, 0.3) is 0 Å². The van der Waals surface area contributed by atoms with Crippen LogP contribution in [0.5, 0.6) is 0 Å². The zero-order valence-electron chi connectivity index (χ0n) is 9.54. The minimum absolute atomic E-state index is 0. The molecule has 15 heavy (non-hydrogen) atoms. The first-order valence-electron chi connectivity index (χ1n) is 6.21. The molecule has 0 aromatic rings. The quantitative estimate of drug-likeness (QED) is 0.627. The molecule has 2 fully saturated rings. The Bertz CT molecular complexity index is 125. The third kappa shape index (κ3) is 5.84. The van der Waals surface area contributed by atoms with Crippen LogP contribution in [0.1, 0.15) is 64.2 Å². The molecule has 0 nitrogen and oxygen atoms in total. The molecule has 2 aliphatic rings. The van der Waals surface area contributed by atoms with Crippen molar-refractivity contribution in [2.24, 2.45) is 0 Å². The second-order valence-electron chi connectivity index (χ2n) is 4.84. The molecule has 0 saturated heterocycles. The van der Waals surface area contributed by atoms with E-state index in [1.54, 1.807) is 51.4 Å². The largest absolute Gasteiger partial charge is 0.147 e. The molecule has 0 aromatic heterocycles. The van der Waals surface area contributed by atoms with Gasteiger partial charge < -0.3 is 0 Å². The van der Waals surface area contributed by atoms with Crippen LogP contribution in [-0.4, -0.2) is 15.4 Å². The van der Waals surface area contributed by atoms with Crippen molar-refractivity contribution in [1.82, 2.24) is 0 Å². The van der Waals surface area contributed by atoms with E-state index in [-0.39, 0.29) is 24.8 Å². The van der Waals surface area contributed by atoms with Gasteiger partial charge in [0.15, 0.2) is 0 Å². The topological polar surface area (TPSA) is 0 Å². The smallest absolute Gasteiger partial charge is 0.147 e. The Morgan fingerprint density at radius 1 is 0.533 bits per heavy atom. The first kappa shape index (κ1) is 16.1. The Labute approximate surface area is 114 Å². The SMILES string of the molecule is C1CC[CH]([Ge][CH]2CCCCC2)CC1.Cl.Cl. The van der Waals surface area contributed by atoms with E-state index in [4.69, 9.17) is 0 Å². The van der Waals surface area contributed by atoms with Gasteiger partial charge in [0, 0.05) is 0 Å². The molecule has 0 heterocycles. The number of hydrogen-bond donors (Lipinski definition) is 0. The molecule has 2 rings (SSSR count). The van der Waals surface area contributed by atoms with E-state index in [9.17, 15) is 0 Å². The average Bonchev–Trinajstić information content (AvgIpc) is 2.21. The normalized spacial score (nSPS) is 24.0. The summed E-state index contributed by atoms with van der Waals surface area (Å²) in [7, 11) is 0. The van der Waals surface area contributed by atoms with Crippen LogP contribution in [-0.2, 0) is 0 Å². The first-order chi connectivity index (χ1) is 6.45. The summed E-state index contributed by atoms with van der Waals surface area (Å²) >= 11 is 0.446. The Morgan fingerprint density at radius 2 is 0.867 bits per heavy atom. The van der Waals surface area contributed by atoms with Gasteiger partial charge in [0.05, 0.1) is 0 Å². The van der Waals surface area contributed by atoms with Gasteiger partial charge in [-0.05, 0) is 0 Å². The van der Waals surface area contributed by atoms with E-state index in [2.05, 4.69) is 0 Å². The molecule has 0 amide bonds. The Morgan fingerprint density at radius 3 is 1.20 bits per heavy atom. The second-order valence-corrected chi connectivity index (χ2v) is 8.96. The van der Waals surface area contributed by atoms with Gasteiger partial charge in [-0.2, -0.15) is 0 Å². The van der Waals surface area contributed by atoms with Crippen molar-refractivity contribution in [1.29, 1.82) is 0 Å². The number of hydrogen-bond acceptors (Lipinski definition) is 0. The van der Waals surface area contributed by atoms with Gasteiger partial charge in [0.25, 0.3) is 0 Å². The third-order valence-corrected chi connectivity index (χ3v) is 8.08. The predicted octanol–water partition coefficient (Wildman–Crippen LogP) is 5.04. The van der Waals surface area contributed by atoms with Crippen molar-refractivity contribution in [2.75, 3.05) is 0 Å². The Balaban J connectivity index is 0.000000980. The van der Waals surface area contributed by atoms with Crippen LogP contribution < -0.4 is 0 Å². The van der Waals surface area contributed by atoms with E-state index in [1.807, 2.05) is 0 Å². The molecule has 0 aromatic carbocycles. The molecular weight excluding hydrogens is 288 g/mol. The monoisotopic (exact) mass is 312 g/mol. The van der Waals surface area contributed by atoms with Crippen molar-refractivity contribution in [3.8, 4) is 0 Å². The summed E-state index contributed by atoms with van der Waals surface area (Å²) in [5.41, 5.74) is 0. The standard InChI is InChI=1S/C12H22Ge.2ClH/c1-3-7-11(8-4-1)13-12-9-5-2-6-10-12;;/h11-12H,1-10H2;2*1H. The van der Waals surface area contributed by atoms with Crippen molar-refractivity contribution < 1.29 is 0 Å². The van der Waals surface area contributed by atoms with Gasteiger partial charge in [0.1, 0.15) is 0 Å². The summed E-state index contributed by atoms with van der Waals surface area (Å²) in [6.07, 6.45) is 15.7. The summed E-state index contributed by atoms with van der Waals surface area (Å²) in [6.45, 7) is 0. The number of rotatable bonds is 2. The van der Waals surface area contributed by atoms with E-state index in [1.165, 1.54) is 22.3 Å². The van der Waals surface area contributed by atoms with Gasteiger partial charge in [-0.15, -0.1) is 24.8 Å². The molecule has 0 aliphatic heterocycles. The van der Waals surface area contributed by atoms with Crippen LogP contribution in [0, 0.1) is 0 Å². The van der Waals surface area contributed by atoms with Crippen LogP contribution in [0.2, 0.25) is 9.50 Å². The van der Waals surface area contributed by atoms with Crippen LogP contribution in [0.15, 0.2) is 0 Å². The fourth-order valence-corrected chi connectivity index (χ4v) is 7.38. The maximum absolute atomic E-state index is 1.61. The van der Waals surface area contributed by atoms with Crippen LogP contribution >= 0.6 is 24.8 Å². The summed E-state index contributed by atoms with van der Waals surface area (Å²) in [5, 5.41) is 0. The third-order valence-electron chi connectivity index (χ3n) is 3.68. The molecule has 0 bridgehead atoms. The van der Waals surface area contributed by atoms with Gasteiger partial charge in [-0.1, -0.05) is 0 Å². The maximum atomic E-state index is 1.61. The second kappa shape index (κ2) is 9.18. The van der Waals surface area contributed by atoms with Crippen LogP contribution in [0.4, 0.5) is 0 Å². The zero-order valence-corrected chi connectivity index (χ0v) is 13.3. The zero-order chi connectivity index (χ0) is 8.93. The molecule has 0 spiro atoms. The van der Waals surface area contributed by atoms with E-state index < -0.39 is 0 Å². The number of halogens is 2. The summed E-state index contributed by atoms with van der Waals surface area (Å²) < 4.78 is 2.49.